The highest BCUT2D eigenvalue weighted by Gasteiger charge is 2.61. The summed E-state index contributed by atoms with van der Waals surface area (Å²) in [6.45, 7) is 1.93. The Morgan fingerprint density at radius 3 is 2.13 bits per heavy atom. The summed E-state index contributed by atoms with van der Waals surface area (Å²) in [5.41, 5.74) is 1.57. The molecule has 2 unspecified atom stereocenters. The molecule has 0 radical (unpaired) electrons. The molecule has 2 atom stereocenters. The number of hydrogen-bond donors (Lipinski definition) is 0. The third kappa shape index (κ3) is 2.93. The Kier molecular flexibility index (Phi) is 4.38. The van der Waals surface area contributed by atoms with E-state index in [2.05, 4.69) is 0 Å². The molecule has 2 aromatic rings. The van der Waals surface area contributed by atoms with Crippen LogP contribution in [0.15, 0.2) is 53.6 Å². The molecule has 0 N–H and O–H groups in total. The van der Waals surface area contributed by atoms with Crippen LogP contribution in [0.5, 0.6) is 0 Å². The van der Waals surface area contributed by atoms with Crippen molar-refractivity contribution in [2.24, 2.45) is 5.10 Å². The lowest BCUT2D eigenvalue weighted by atomic mass is 9.90. The first-order chi connectivity index (χ1) is 14.9. The highest BCUT2D eigenvalue weighted by atomic mass is 16.6. The Balaban J connectivity index is 1.58. The molecular weight excluding hydrogens is 404 g/mol. The van der Waals surface area contributed by atoms with E-state index in [1.165, 1.54) is 24.3 Å². The molecule has 1 aliphatic carbocycles. The molecule has 3 aliphatic rings. The van der Waals surface area contributed by atoms with Gasteiger partial charge in [-0.25, -0.2) is 0 Å². The van der Waals surface area contributed by atoms with Crippen molar-refractivity contribution in [3.8, 4) is 0 Å². The third-order valence-corrected chi connectivity index (χ3v) is 5.88. The summed E-state index contributed by atoms with van der Waals surface area (Å²) in [6, 6.07) is 12.5. The first-order valence-corrected chi connectivity index (χ1v) is 10.0. The van der Waals surface area contributed by atoms with Crippen molar-refractivity contribution in [2.75, 3.05) is 10.1 Å². The molecular formula is C20H20N6O5. The van der Waals surface area contributed by atoms with Gasteiger partial charge < -0.3 is 4.74 Å². The maximum absolute atomic E-state index is 11.1. The van der Waals surface area contributed by atoms with E-state index in [0.29, 0.717) is 5.69 Å². The number of ether oxygens (including phenoxy) is 1. The molecule has 11 nitrogen and oxygen atoms in total. The molecule has 2 aromatic carbocycles. The molecule has 2 aliphatic heterocycles. The van der Waals surface area contributed by atoms with Crippen LogP contribution in [0.1, 0.15) is 32.6 Å². The number of rotatable bonds is 4. The van der Waals surface area contributed by atoms with Gasteiger partial charge in [0.15, 0.2) is 0 Å². The minimum atomic E-state index is -0.735. The lowest BCUT2D eigenvalue weighted by molar-refractivity contribution is -0.385. The van der Waals surface area contributed by atoms with Crippen molar-refractivity contribution in [2.45, 2.75) is 44.6 Å². The minimum Gasteiger partial charge on any atom is -0.327 e. The van der Waals surface area contributed by atoms with Crippen LogP contribution in [-0.4, -0.2) is 32.6 Å². The van der Waals surface area contributed by atoms with Crippen LogP contribution in [0.2, 0.25) is 0 Å². The van der Waals surface area contributed by atoms with Crippen molar-refractivity contribution in [1.82, 2.24) is 5.12 Å². The van der Waals surface area contributed by atoms with E-state index >= 15 is 0 Å². The number of nitro benzene ring substituents is 2. The van der Waals surface area contributed by atoms with Crippen molar-refractivity contribution < 1.29 is 14.6 Å². The van der Waals surface area contributed by atoms with E-state index in [9.17, 15) is 20.2 Å². The largest absolute Gasteiger partial charge is 0.327 e. The second kappa shape index (κ2) is 7.00. The number of nitrogens with zero attached hydrogens (tertiary/aromatic N) is 6. The topological polar surface area (TPSA) is 118 Å². The van der Waals surface area contributed by atoms with Crippen LogP contribution in [-0.2, 0) is 4.74 Å². The number of hydrazone groups is 1. The van der Waals surface area contributed by atoms with Gasteiger partial charge in [0.2, 0.25) is 5.72 Å². The Morgan fingerprint density at radius 1 is 0.968 bits per heavy atom. The maximum Gasteiger partial charge on any atom is 0.269 e. The zero-order chi connectivity index (χ0) is 21.8. The Hall–Kier alpha value is -3.57. The van der Waals surface area contributed by atoms with Crippen molar-refractivity contribution in [3.05, 3.63) is 68.8 Å². The van der Waals surface area contributed by atoms with Gasteiger partial charge >= 0.3 is 0 Å². The van der Waals surface area contributed by atoms with Gasteiger partial charge in [0, 0.05) is 24.3 Å². The minimum absolute atomic E-state index is 0.000921. The van der Waals surface area contributed by atoms with E-state index in [1.807, 2.05) is 17.1 Å². The standard InChI is InChI=1S/C20H20N6O5/c1-14-22(15-5-9-17(10-6-15)24(27)28)26-20(31-14)13-3-2-4-19(20)21-23(26)16-7-11-18(12-8-16)25(29)30/h5-12,14H,2-4,13H2,1H3. The average Bonchev–Trinajstić information content (AvgIpc) is 3.23. The average molecular weight is 424 g/mol. The number of non-ortho nitro benzene ring substituents is 2. The van der Waals surface area contributed by atoms with Gasteiger partial charge in [-0.05, 0) is 56.9 Å². The quantitative estimate of drug-likeness (QED) is 0.535. The summed E-state index contributed by atoms with van der Waals surface area (Å²) < 4.78 is 6.47. The molecule has 2 heterocycles. The zero-order valence-corrected chi connectivity index (χ0v) is 16.7. The van der Waals surface area contributed by atoms with E-state index < -0.39 is 15.6 Å². The van der Waals surface area contributed by atoms with Crippen LogP contribution >= 0.6 is 0 Å². The molecule has 160 valence electrons. The van der Waals surface area contributed by atoms with E-state index in [4.69, 9.17) is 9.84 Å². The molecule has 1 spiro atoms. The molecule has 0 aromatic heterocycles. The Labute approximate surface area is 177 Å². The van der Waals surface area contributed by atoms with Crippen molar-refractivity contribution in [3.63, 3.8) is 0 Å². The van der Waals surface area contributed by atoms with Gasteiger partial charge in [-0.2, -0.15) is 10.2 Å². The van der Waals surface area contributed by atoms with Gasteiger partial charge in [-0.1, -0.05) is 5.12 Å². The monoisotopic (exact) mass is 424 g/mol. The van der Waals surface area contributed by atoms with Crippen molar-refractivity contribution >= 4 is 28.5 Å². The summed E-state index contributed by atoms with van der Waals surface area (Å²) in [7, 11) is 0. The molecule has 1 saturated heterocycles. The zero-order valence-electron chi connectivity index (χ0n) is 16.7. The summed E-state index contributed by atoms with van der Waals surface area (Å²) >= 11 is 0. The summed E-state index contributed by atoms with van der Waals surface area (Å²) in [5.74, 6) is 0. The van der Waals surface area contributed by atoms with Gasteiger partial charge in [0.25, 0.3) is 11.4 Å². The van der Waals surface area contributed by atoms with E-state index in [0.717, 1.165) is 37.1 Å². The second-order valence-electron chi connectivity index (χ2n) is 7.73. The molecule has 1 saturated carbocycles. The highest BCUT2D eigenvalue weighted by molar-refractivity contribution is 5.96. The number of benzene rings is 2. The normalized spacial score (nSPS) is 25.2. The van der Waals surface area contributed by atoms with Crippen LogP contribution < -0.4 is 10.1 Å². The van der Waals surface area contributed by atoms with Crippen LogP contribution in [0.4, 0.5) is 22.7 Å². The molecule has 11 heteroatoms. The van der Waals surface area contributed by atoms with Gasteiger partial charge in [-0.15, -0.1) is 0 Å². The maximum atomic E-state index is 11.1. The van der Waals surface area contributed by atoms with Gasteiger partial charge in [0.05, 0.1) is 26.9 Å². The fourth-order valence-electron chi connectivity index (χ4n) is 4.50. The molecule has 0 amide bonds. The number of hydrogen-bond acceptors (Lipinski definition) is 9. The van der Waals surface area contributed by atoms with E-state index in [-0.39, 0.29) is 17.6 Å². The second-order valence-corrected chi connectivity index (χ2v) is 7.73. The fourth-order valence-corrected chi connectivity index (χ4v) is 4.50. The van der Waals surface area contributed by atoms with Crippen LogP contribution in [0.25, 0.3) is 0 Å². The third-order valence-electron chi connectivity index (χ3n) is 5.88. The molecule has 5 rings (SSSR count). The highest BCUT2D eigenvalue weighted by Crippen LogP contribution is 2.48. The first kappa shape index (κ1) is 19.4. The Morgan fingerprint density at radius 2 is 1.55 bits per heavy atom. The fraction of sp³-hybridized carbons (Fsp3) is 0.350. The first-order valence-electron chi connectivity index (χ1n) is 10.0. The number of hydrazine groups is 2. The number of anilines is 2. The van der Waals surface area contributed by atoms with Crippen molar-refractivity contribution in [1.29, 1.82) is 0 Å². The smallest absolute Gasteiger partial charge is 0.269 e. The summed E-state index contributed by atoms with van der Waals surface area (Å²) in [6.07, 6.45) is 3.19. The molecule has 2 fully saturated rings. The lowest BCUT2D eigenvalue weighted by Gasteiger charge is -2.39. The molecule has 0 bridgehead atoms. The predicted molar refractivity (Wildman–Crippen MR) is 112 cm³/mol. The van der Waals surface area contributed by atoms with E-state index in [1.54, 1.807) is 29.4 Å². The summed E-state index contributed by atoms with van der Waals surface area (Å²) in [5, 5.41) is 32.5. The molecule has 31 heavy (non-hydrogen) atoms. The summed E-state index contributed by atoms with van der Waals surface area (Å²) in [4.78, 5) is 21.2. The van der Waals surface area contributed by atoms with Gasteiger partial charge in [0.1, 0.15) is 6.23 Å². The lowest BCUT2D eigenvalue weighted by Crippen LogP contribution is -2.57. The Bertz CT molecular complexity index is 1070. The predicted octanol–water partition coefficient (Wildman–Crippen LogP) is 3.96. The van der Waals surface area contributed by atoms with Crippen LogP contribution in [0.3, 0.4) is 0 Å². The van der Waals surface area contributed by atoms with Gasteiger partial charge in [-0.3, -0.25) is 25.2 Å². The van der Waals surface area contributed by atoms with Crippen LogP contribution in [0, 0.1) is 20.2 Å². The SMILES string of the molecule is CC1OC23CCCCC2=NN(c2ccc([N+](=O)[O-])cc2)N3N1c1ccc([N+](=O)[O-])cc1. The number of nitro groups is 2.